The molecule has 1 atom stereocenters. The summed E-state index contributed by atoms with van der Waals surface area (Å²) in [5.41, 5.74) is 4.37. The molecule has 1 unspecified atom stereocenters. The van der Waals surface area contributed by atoms with Crippen LogP contribution in [-0.2, 0) is 11.3 Å². The van der Waals surface area contributed by atoms with E-state index in [1.807, 2.05) is 6.33 Å². The number of aromatic nitrogens is 4. The van der Waals surface area contributed by atoms with E-state index in [0.717, 1.165) is 30.6 Å². The Labute approximate surface area is 226 Å². The van der Waals surface area contributed by atoms with E-state index in [0.29, 0.717) is 56.6 Å². The van der Waals surface area contributed by atoms with Crippen LogP contribution in [0.2, 0.25) is 0 Å². The maximum Gasteiger partial charge on any atom is 0.253 e. The highest BCUT2D eigenvalue weighted by Crippen LogP contribution is 2.25. The minimum absolute atomic E-state index is 0.0961. The van der Waals surface area contributed by atoms with Crippen LogP contribution in [0.5, 0.6) is 0 Å². The number of carbonyl (C=O) groups excluding carboxylic acids is 1. The Balaban J connectivity index is 1.24. The minimum Gasteiger partial charge on any atom is -0.376 e. The van der Waals surface area contributed by atoms with Gasteiger partial charge in [0.2, 0.25) is 5.95 Å². The van der Waals surface area contributed by atoms with E-state index in [1.165, 1.54) is 35.4 Å². The van der Waals surface area contributed by atoms with Crippen molar-refractivity contribution < 1.29 is 13.9 Å². The van der Waals surface area contributed by atoms with E-state index in [4.69, 9.17) is 14.7 Å². The van der Waals surface area contributed by atoms with Gasteiger partial charge in [-0.3, -0.25) is 4.79 Å². The molecule has 9 nitrogen and oxygen atoms in total. The summed E-state index contributed by atoms with van der Waals surface area (Å²) in [6.07, 6.45) is 4.08. The van der Waals surface area contributed by atoms with Gasteiger partial charge in [-0.25, -0.2) is 9.37 Å². The van der Waals surface area contributed by atoms with Crippen LogP contribution in [0.1, 0.15) is 34.3 Å². The SMILES string of the molecule is Cc1cccc(Cn2cnc3c(NCC4CCCO4)nc(N4CCN(C(=O)c5ccc(F)cc5)CC4)nc32)c1. The Kier molecular flexibility index (Phi) is 7.10. The van der Waals surface area contributed by atoms with Gasteiger partial charge in [0.1, 0.15) is 5.82 Å². The minimum atomic E-state index is -0.352. The zero-order chi connectivity index (χ0) is 26.8. The second-order valence-electron chi connectivity index (χ2n) is 10.2. The lowest BCUT2D eigenvalue weighted by atomic mass is 10.1. The smallest absolute Gasteiger partial charge is 0.253 e. The fourth-order valence-electron chi connectivity index (χ4n) is 5.22. The van der Waals surface area contributed by atoms with Gasteiger partial charge in [0.15, 0.2) is 17.0 Å². The number of hydrogen-bond donors (Lipinski definition) is 1. The summed E-state index contributed by atoms with van der Waals surface area (Å²) in [7, 11) is 0. The highest BCUT2D eigenvalue weighted by Gasteiger charge is 2.26. The summed E-state index contributed by atoms with van der Waals surface area (Å²) in [4.78, 5) is 31.3. The largest absolute Gasteiger partial charge is 0.376 e. The first kappa shape index (κ1) is 25.2. The predicted molar refractivity (Wildman–Crippen MR) is 148 cm³/mol. The lowest BCUT2D eigenvalue weighted by Gasteiger charge is -2.35. The van der Waals surface area contributed by atoms with Crippen molar-refractivity contribution in [2.75, 3.05) is 49.5 Å². The number of halogens is 1. The maximum absolute atomic E-state index is 13.3. The zero-order valence-electron chi connectivity index (χ0n) is 22.0. The summed E-state index contributed by atoms with van der Waals surface area (Å²) in [6.45, 7) is 6.44. The molecule has 0 radical (unpaired) electrons. The summed E-state index contributed by atoms with van der Waals surface area (Å²) >= 11 is 0. The molecule has 1 N–H and O–H groups in total. The third-order valence-electron chi connectivity index (χ3n) is 7.35. The van der Waals surface area contributed by atoms with Crippen LogP contribution in [0.4, 0.5) is 16.2 Å². The number of benzene rings is 2. The number of piperazine rings is 1. The fraction of sp³-hybridized carbons (Fsp3) is 0.379. The number of nitrogens with one attached hydrogen (secondary N) is 1. The third-order valence-corrected chi connectivity index (χ3v) is 7.35. The van der Waals surface area contributed by atoms with Crippen LogP contribution < -0.4 is 10.2 Å². The number of carbonyl (C=O) groups is 1. The Bertz CT molecular complexity index is 1460. The quantitative estimate of drug-likeness (QED) is 0.389. The van der Waals surface area contributed by atoms with E-state index in [9.17, 15) is 9.18 Å². The van der Waals surface area contributed by atoms with Crippen molar-refractivity contribution in [3.63, 3.8) is 0 Å². The molecule has 6 rings (SSSR count). The van der Waals surface area contributed by atoms with E-state index in [1.54, 1.807) is 4.90 Å². The van der Waals surface area contributed by atoms with Gasteiger partial charge in [0.25, 0.3) is 5.91 Å². The first-order chi connectivity index (χ1) is 19.0. The molecule has 0 aliphatic carbocycles. The van der Waals surface area contributed by atoms with Crippen molar-refractivity contribution >= 4 is 28.8 Å². The van der Waals surface area contributed by atoms with E-state index in [2.05, 4.69) is 51.0 Å². The Morgan fingerprint density at radius 3 is 2.67 bits per heavy atom. The van der Waals surface area contributed by atoms with Crippen molar-refractivity contribution in [2.45, 2.75) is 32.4 Å². The zero-order valence-corrected chi connectivity index (χ0v) is 22.0. The molecule has 1 amide bonds. The molecule has 2 fully saturated rings. The molecule has 0 bridgehead atoms. The van der Waals surface area contributed by atoms with Crippen LogP contribution in [0.25, 0.3) is 11.2 Å². The number of amides is 1. The Morgan fingerprint density at radius 2 is 1.92 bits per heavy atom. The van der Waals surface area contributed by atoms with E-state index >= 15 is 0 Å². The van der Waals surface area contributed by atoms with Gasteiger partial charge >= 0.3 is 0 Å². The summed E-state index contributed by atoms with van der Waals surface area (Å²) in [6, 6.07) is 14.1. The maximum atomic E-state index is 13.3. The number of rotatable bonds is 7. The van der Waals surface area contributed by atoms with Crippen LogP contribution in [0.15, 0.2) is 54.9 Å². The molecule has 202 valence electrons. The molecular weight excluding hydrogens is 497 g/mol. The number of anilines is 2. The van der Waals surface area contributed by atoms with Crippen molar-refractivity contribution in [3.8, 4) is 0 Å². The molecule has 4 heterocycles. The van der Waals surface area contributed by atoms with Crippen LogP contribution >= 0.6 is 0 Å². The summed E-state index contributed by atoms with van der Waals surface area (Å²) < 4.78 is 21.2. The van der Waals surface area contributed by atoms with Gasteiger partial charge < -0.3 is 24.4 Å². The number of hydrogen-bond acceptors (Lipinski definition) is 7. The van der Waals surface area contributed by atoms with Crippen molar-refractivity contribution in [3.05, 3.63) is 77.4 Å². The fourth-order valence-corrected chi connectivity index (χ4v) is 5.22. The van der Waals surface area contributed by atoms with Crippen LogP contribution in [0, 0.1) is 12.7 Å². The number of nitrogens with zero attached hydrogens (tertiary/aromatic N) is 6. The molecule has 2 aliphatic rings. The van der Waals surface area contributed by atoms with Gasteiger partial charge in [0, 0.05) is 44.9 Å². The lowest BCUT2D eigenvalue weighted by Crippen LogP contribution is -2.49. The van der Waals surface area contributed by atoms with E-state index < -0.39 is 0 Å². The summed E-state index contributed by atoms with van der Waals surface area (Å²) in [5.74, 6) is 0.853. The molecule has 2 aromatic carbocycles. The van der Waals surface area contributed by atoms with Crippen LogP contribution in [0.3, 0.4) is 0 Å². The van der Waals surface area contributed by atoms with Crippen molar-refractivity contribution in [1.29, 1.82) is 0 Å². The molecule has 2 saturated heterocycles. The van der Waals surface area contributed by atoms with E-state index in [-0.39, 0.29) is 17.8 Å². The summed E-state index contributed by atoms with van der Waals surface area (Å²) in [5, 5.41) is 3.47. The Morgan fingerprint density at radius 1 is 1.10 bits per heavy atom. The first-order valence-corrected chi connectivity index (χ1v) is 13.5. The highest BCUT2D eigenvalue weighted by molar-refractivity contribution is 5.94. The second-order valence-corrected chi connectivity index (χ2v) is 10.2. The monoisotopic (exact) mass is 529 g/mol. The molecular formula is C29H32FN7O2. The Hall–Kier alpha value is -4.05. The average molecular weight is 530 g/mol. The van der Waals surface area contributed by atoms with Gasteiger partial charge in [0.05, 0.1) is 19.0 Å². The van der Waals surface area contributed by atoms with Gasteiger partial charge in [-0.1, -0.05) is 29.8 Å². The predicted octanol–water partition coefficient (Wildman–Crippen LogP) is 3.88. The molecule has 39 heavy (non-hydrogen) atoms. The normalized spacial score (nSPS) is 17.6. The molecule has 2 aromatic heterocycles. The molecule has 4 aromatic rings. The average Bonchev–Trinajstić information content (AvgIpc) is 3.62. The second kappa shape index (κ2) is 11.0. The number of imidazole rings is 1. The number of ether oxygens (including phenoxy) is 1. The van der Waals surface area contributed by atoms with Crippen molar-refractivity contribution in [2.24, 2.45) is 0 Å². The topological polar surface area (TPSA) is 88.4 Å². The van der Waals surface area contributed by atoms with Gasteiger partial charge in [-0.2, -0.15) is 9.97 Å². The number of fused-ring (bicyclic) bond motifs is 1. The van der Waals surface area contributed by atoms with Crippen molar-refractivity contribution in [1.82, 2.24) is 24.4 Å². The van der Waals surface area contributed by atoms with Gasteiger partial charge in [-0.05, 0) is 49.6 Å². The first-order valence-electron chi connectivity index (χ1n) is 13.5. The standard InChI is InChI=1S/C29H32FN7O2/c1-20-4-2-5-21(16-20)18-37-19-32-25-26(31-17-24-6-3-15-39-24)33-29(34-27(25)37)36-13-11-35(12-14-36)28(38)22-7-9-23(30)10-8-22/h2,4-5,7-10,16,19,24H,3,6,11-15,17-18H2,1H3,(H,31,33,34). The molecule has 0 saturated carbocycles. The third kappa shape index (κ3) is 5.56. The molecule has 2 aliphatic heterocycles. The molecule has 0 spiro atoms. The number of aryl methyl sites for hydroxylation is 1. The van der Waals surface area contributed by atoms with Gasteiger partial charge in [-0.15, -0.1) is 0 Å². The molecule has 10 heteroatoms. The van der Waals surface area contributed by atoms with Crippen LogP contribution in [-0.4, -0.2) is 75.8 Å². The highest BCUT2D eigenvalue weighted by atomic mass is 19.1. The lowest BCUT2D eigenvalue weighted by molar-refractivity contribution is 0.0746.